The van der Waals surface area contributed by atoms with Crippen LogP contribution in [0.2, 0.25) is 0 Å². The van der Waals surface area contributed by atoms with Crippen LogP contribution in [0.1, 0.15) is 26.2 Å². The SMILES string of the molecule is CSC1CCCC1NCC1(C)COC1. The highest BCUT2D eigenvalue weighted by molar-refractivity contribution is 7.99. The van der Waals surface area contributed by atoms with Gasteiger partial charge in [-0.3, -0.25) is 0 Å². The van der Waals surface area contributed by atoms with Crippen molar-refractivity contribution in [3.63, 3.8) is 0 Å². The second-order valence-electron chi connectivity index (χ2n) is 5.00. The molecule has 1 heterocycles. The minimum atomic E-state index is 0.422. The van der Waals surface area contributed by atoms with E-state index >= 15 is 0 Å². The van der Waals surface area contributed by atoms with Gasteiger partial charge in [0.2, 0.25) is 0 Å². The summed E-state index contributed by atoms with van der Waals surface area (Å²) in [5, 5.41) is 4.57. The lowest BCUT2D eigenvalue weighted by Gasteiger charge is -2.39. The zero-order chi connectivity index (χ0) is 10.0. The number of ether oxygens (including phenoxy) is 1. The van der Waals surface area contributed by atoms with Gasteiger partial charge in [-0.05, 0) is 19.1 Å². The van der Waals surface area contributed by atoms with Crippen LogP contribution >= 0.6 is 11.8 Å². The largest absolute Gasteiger partial charge is 0.380 e. The quantitative estimate of drug-likeness (QED) is 0.774. The van der Waals surface area contributed by atoms with E-state index in [2.05, 4.69) is 18.5 Å². The number of thioether (sulfide) groups is 1. The maximum Gasteiger partial charge on any atom is 0.0554 e. The van der Waals surface area contributed by atoms with Gasteiger partial charge < -0.3 is 10.1 Å². The van der Waals surface area contributed by atoms with Gasteiger partial charge in [0.05, 0.1) is 13.2 Å². The molecule has 0 aromatic carbocycles. The Labute approximate surface area is 91.2 Å². The first kappa shape index (κ1) is 10.8. The predicted molar refractivity (Wildman–Crippen MR) is 61.9 cm³/mol. The molecule has 2 aliphatic rings. The van der Waals surface area contributed by atoms with E-state index < -0.39 is 0 Å². The van der Waals surface area contributed by atoms with Gasteiger partial charge in [0.25, 0.3) is 0 Å². The van der Waals surface area contributed by atoms with E-state index in [0.29, 0.717) is 5.41 Å². The van der Waals surface area contributed by atoms with Gasteiger partial charge in [0.15, 0.2) is 0 Å². The van der Waals surface area contributed by atoms with Crippen LogP contribution in [0.3, 0.4) is 0 Å². The van der Waals surface area contributed by atoms with Crippen LogP contribution in [0.5, 0.6) is 0 Å². The molecule has 0 spiro atoms. The van der Waals surface area contributed by atoms with Crippen molar-refractivity contribution >= 4 is 11.8 Å². The number of rotatable bonds is 4. The maximum absolute atomic E-state index is 5.26. The van der Waals surface area contributed by atoms with Crippen LogP contribution in [0.15, 0.2) is 0 Å². The van der Waals surface area contributed by atoms with Crippen molar-refractivity contribution in [1.29, 1.82) is 0 Å². The van der Waals surface area contributed by atoms with Gasteiger partial charge in [0, 0.05) is 23.3 Å². The van der Waals surface area contributed by atoms with Gasteiger partial charge >= 0.3 is 0 Å². The first-order valence-corrected chi connectivity index (χ1v) is 6.86. The summed E-state index contributed by atoms with van der Waals surface area (Å²) >= 11 is 2.02. The molecule has 82 valence electrons. The van der Waals surface area contributed by atoms with Crippen LogP contribution in [-0.2, 0) is 4.74 Å². The summed E-state index contributed by atoms with van der Waals surface area (Å²) < 4.78 is 5.26. The molecule has 0 radical (unpaired) electrons. The summed E-state index contributed by atoms with van der Waals surface area (Å²) in [5.41, 5.74) is 0.422. The third-order valence-corrected chi connectivity index (χ3v) is 4.62. The fourth-order valence-corrected chi connectivity index (χ4v) is 3.33. The summed E-state index contributed by atoms with van der Waals surface area (Å²) in [5.74, 6) is 0. The van der Waals surface area contributed by atoms with Gasteiger partial charge in [-0.1, -0.05) is 13.3 Å². The Balaban J connectivity index is 1.74. The Morgan fingerprint density at radius 3 is 2.79 bits per heavy atom. The predicted octanol–water partition coefficient (Wildman–Crippen LogP) is 1.90. The zero-order valence-corrected chi connectivity index (χ0v) is 10.0. The monoisotopic (exact) mass is 215 g/mol. The van der Waals surface area contributed by atoms with Crippen LogP contribution in [0, 0.1) is 5.41 Å². The maximum atomic E-state index is 5.26. The van der Waals surface area contributed by atoms with Crippen LogP contribution < -0.4 is 5.32 Å². The van der Waals surface area contributed by atoms with Crippen molar-refractivity contribution in [2.75, 3.05) is 26.0 Å². The van der Waals surface area contributed by atoms with E-state index in [1.807, 2.05) is 11.8 Å². The van der Waals surface area contributed by atoms with E-state index in [1.54, 1.807) is 0 Å². The Kier molecular flexibility index (Phi) is 3.40. The second-order valence-corrected chi connectivity index (χ2v) is 6.07. The molecular weight excluding hydrogens is 194 g/mol. The summed E-state index contributed by atoms with van der Waals surface area (Å²) in [4.78, 5) is 0. The van der Waals surface area contributed by atoms with Gasteiger partial charge in [0.1, 0.15) is 0 Å². The molecule has 1 saturated heterocycles. The number of hydrogen-bond acceptors (Lipinski definition) is 3. The standard InChI is InChI=1S/C11H21NOS/c1-11(7-13-8-11)6-12-9-4-3-5-10(9)14-2/h9-10,12H,3-8H2,1-2H3. The van der Waals surface area contributed by atoms with Crippen LogP contribution in [0.4, 0.5) is 0 Å². The normalized spacial score (nSPS) is 35.6. The van der Waals surface area contributed by atoms with E-state index in [-0.39, 0.29) is 0 Å². The third-order valence-electron chi connectivity index (χ3n) is 3.45. The molecule has 1 aliphatic heterocycles. The van der Waals surface area contributed by atoms with Crippen LogP contribution in [-0.4, -0.2) is 37.3 Å². The number of hydrogen-bond donors (Lipinski definition) is 1. The molecule has 0 aromatic rings. The van der Waals surface area contributed by atoms with Crippen molar-refractivity contribution in [2.45, 2.75) is 37.5 Å². The highest BCUT2D eigenvalue weighted by Gasteiger charge is 2.35. The molecule has 0 amide bonds. The lowest BCUT2D eigenvalue weighted by molar-refractivity contribution is -0.0999. The lowest BCUT2D eigenvalue weighted by atomic mass is 9.88. The van der Waals surface area contributed by atoms with Gasteiger partial charge in [-0.2, -0.15) is 11.8 Å². The summed E-state index contributed by atoms with van der Waals surface area (Å²) in [6.45, 7) is 5.33. The topological polar surface area (TPSA) is 21.3 Å². The molecular formula is C11H21NOS. The fourth-order valence-electron chi connectivity index (χ4n) is 2.37. The highest BCUT2D eigenvalue weighted by atomic mass is 32.2. The molecule has 2 atom stereocenters. The summed E-state index contributed by atoms with van der Waals surface area (Å²) in [7, 11) is 0. The molecule has 0 aromatic heterocycles. The Bertz CT molecular complexity index is 194. The van der Waals surface area contributed by atoms with E-state index in [1.165, 1.54) is 19.3 Å². The first-order chi connectivity index (χ1) is 6.73. The lowest BCUT2D eigenvalue weighted by Crippen LogP contribution is -2.50. The van der Waals surface area contributed by atoms with Crippen molar-refractivity contribution < 1.29 is 4.74 Å². The third kappa shape index (κ3) is 2.26. The van der Waals surface area contributed by atoms with Crippen molar-refractivity contribution in [2.24, 2.45) is 5.41 Å². The molecule has 2 unspecified atom stereocenters. The molecule has 3 heteroatoms. The van der Waals surface area contributed by atoms with Gasteiger partial charge in [-0.25, -0.2) is 0 Å². The molecule has 14 heavy (non-hydrogen) atoms. The molecule has 2 rings (SSSR count). The van der Waals surface area contributed by atoms with Crippen molar-refractivity contribution in [1.82, 2.24) is 5.32 Å². The summed E-state index contributed by atoms with van der Waals surface area (Å²) in [6, 6.07) is 0.752. The molecule has 1 N–H and O–H groups in total. The zero-order valence-electron chi connectivity index (χ0n) is 9.21. The molecule has 1 saturated carbocycles. The van der Waals surface area contributed by atoms with E-state index in [0.717, 1.165) is 31.1 Å². The Morgan fingerprint density at radius 2 is 2.21 bits per heavy atom. The molecule has 2 nitrogen and oxygen atoms in total. The summed E-state index contributed by atoms with van der Waals surface area (Å²) in [6.07, 6.45) is 6.39. The Morgan fingerprint density at radius 1 is 1.43 bits per heavy atom. The smallest absolute Gasteiger partial charge is 0.0554 e. The van der Waals surface area contributed by atoms with Crippen LogP contribution in [0.25, 0.3) is 0 Å². The van der Waals surface area contributed by atoms with Gasteiger partial charge in [-0.15, -0.1) is 0 Å². The molecule has 1 aliphatic carbocycles. The molecule has 0 bridgehead atoms. The fraction of sp³-hybridized carbons (Fsp3) is 1.00. The average Bonchev–Trinajstić information content (AvgIpc) is 2.58. The average molecular weight is 215 g/mol. The highest BCUT2D eigenvalue weighted by Crippen LogP contribution is 2.30. The van der Waals surface area contributed by atoms with E-state index in [4.69, 9.17) is 4.74 Å². The van der Waals surface area contributed by atoms with Crippen molar-refractivity contribution in [3.05, 3.63) is 0 Å². The van der Waals surface area contributed by atoms with E-state index in [9.17, 15) is 0 Å². The molecule has 2 fully saturated rings. The minimum Gasteiger partial charge on any atom is -0.380 e. The Hall–Kier alpha value is 0.270. The van der Waals surface area contributed by atoms with Crippen molar-refractivity contribution in [3.8, 4) is 0 Å². The first-order valence-electron chi connectivity index (χ1n) is 5.57. The number of nitrogens with one attached hydrogen (secondary N) is 1. The minimum absolute atomic E-state index is 0.422. The second kappa shape index (κ2) is 4.42.